The monoisotopic (exact) mass is 176 g/mol. The summed E-state index contributed by atoms with van der Waals surface area (Å²) in [6.07, 6.45) is 5.11. The smallest absolute Gasteiger partial charge is 0.0303 e. The summed E-state index contributed by atoms with van der Waals surface area (Å²) >= 11 is 0. The summed E-state index contributed by atoms with van der Waals surface area (Å²) in [4.78, 5) is 4.17. The molecule has 70 valence electrons. The van der Waals surface area contributed by atoms with Crippen molar-refractivity contribution in [1.82, 2.24) is 10.3 Å². The topological polar surface area (TPSA) is 24.9 Å². The third kappa shape index (κ3) is 1.89. The molecule has 1 aliphatic rings. The Morgan fingerprint density at radius 1 is 1.54 bits per heavy atom. The van der Waals surface area contributed by atoms with Crippen LogP contribution in [-0.2, 0) is 0 Å². The molecule has 0 aromatic carbocycles. The van der Waals surface area contributed by atoms with Crippen LogP contribution in [-0.4, -0.2) is 18.1 Å². The van der Waals surface area contributed by atoms with Crippen LogP contribution < -0.4 is 5.32 Å². The number of hydrogen-bond donors (Lipinski definition) is 1. The maximum atomic E-state index is 4.17. The van der Waals surface area contributed by atoms with Gasteiger partial charge in [-0.1, -0.05) is 13.0 Å². The Labute approximate surface area is 79.4 Å². The second-order valence-corrected chi connectivity index (χ2v) is 3.86. The zero-order valence-corrected chi connectivity index (χ0v) is 8.03. The molecule has 1 saturated heterocycles. The molecule has 0 radical (unpaired) electrons. The van der Waals surface area contributed by atoms with Crippen LogP contribution in [0.5, 0.6) is 0 Å². The molecule has 2 nitrogen and oxygen atoms in total. The standard InChI is InChI=1S/C11H16N2/c1-9-4-6-13-8-11(9)10-3-2-5-12-7-10/h2-3,5,7,9,11,13H,4,6,8H2,1H3. The molecule has 1 N–H and O–H groups in total. The normalized spacial score (nSPS) is 28.7. The Morgan fingerprint density at radius 3 is 3.15 bits per heavy atom. The number of nitrogens with one attached hydrogen (secondary N) is 1. The zero-order chi connectivity index (χ0) is 9.10. The van der Waals surface area contributed by atoms with E-state index in [-0.39, 0.29) is 0 Å². The molecule has 0 saturated carbocycles. The van der Waals surface area contributed by atoms with E-state index in [2.05, 4.69) is 23.3 Å². The van der Waals surface area contributed by atoms with Crippen molar-refractivity contribution >= 4 is 0 Å². The van der Waals surface area contributed by atoms with Crippen LogP contribution in [0, 0.1) is 5.92 Å². The molecular weight excluding hydrogens is 160 g/mol. The van der Waals surface area contributed by atoms with Gasteiger partial charge < -0.3 is 5.32 Å². The number of piperidine rings is 1. The van der Waals surface area contributed by atoms with Gasteiger partial charge in [0.15, 0.2) is 0 Å². The number of hydrogen-bond acceptors (Lipinski definition) is 2. The molecule has 1 aromatic rings. The minimum absolute atomic E-state index is 0.655. The van der Waals surface area contributed by atoms with Gasteiger partial charge in [0.25, 0.3) is 0 Å². The highest BCUT2D eigenvalue weighted by molar-refractivity contribution is 5.16. The summed E-state index contributed by atoms with van der Waals surface area (Å²) < 4.78 is 0. The van der Waals surface area contributed by atoms with Crippen molar-refractivity contribution in [2.24, 2.45) is 5.92 Å². The summed E-state index contributed by atoms with van der Waals surface area (Å²) in [6.45, 7) is 4.60. The molecule has 2 atom stereocenters. The average Bonchev–Trinajstić information content (AvgIpc) is 2.20. The Hall–Kier alpha value is -0.890. The van der Waals surface area contributed by atoms with Gasteiger partial charge in [0.1, 0.15) is 0 Å². The fraction of sp³-hybridized carbons (Fsp3) is 0.545. The lowest BCUT2D eigenvalue weighted by molar-refractivity contribution is 0.347. The molecule has 13 heavy (non-hydrogen) atoms. The minimum Gasteiger partial charge on any atom is -0.316 e. The van der Waals surface area contributed by atoms with Gasteiger partial charge in [0.05, 0.1) is 0 Å². The van der Waals surface area contributed by atoms with Crippen molar-refractivity contribution in [1.29, 1.82) is 0 Å². The van der Waals surface area contributed by atoms with E-state index in [9.17, 15) is 0 Å². The third-order valence-corrected chi connectivity index (χ3v) is 2.94. The van der Waals surface area contributed by atoms with E-state index in [0.717, 1.165) is 19.0 Å². The first-order valence-corrected chi connectivity index (χ1v) is 4.98. The molecule has 2 unspecified atom stereocenters. The number of aromatic nitrogens is 1. The van der Waals surface area contributed by atoms with Gasteiger partial charge in [-0.25, -0.2) is 0 Å². The molecule has 0 aliphatic carbocycles. The highest BCUT2D eigenvalue weighted by atomic mass is 14.9. The van der Waals surface area contributed by atoms with E-state index >= 15 is 0 Å². The molecular formula is C11H16N2. The maximum absolute atomic E-state index is 4.17. The third-order valence-electron chi connectivity index (χ3n) is 2.94. The first-order chi connectivity index (χ1) is 6.38. The van der Waals surface area contributed by atoms with Gasteiger partial charge in [-0.05, 0) is 30.5 Å². The van der Waals surface area contributed by atoms with Crippen LogP contribution >= 0.6 is 0 Å². The first-order valence-electron chi connectivity index (χ1n) is 4.98. The highest BCUT2D eigenvalue weighted by Crippen LogP contribution is 2.27. The van der Waals surface area contributed by atoms with Crippen molar-refractivity contribution in [2.75, 3.05) is 13.1 Å². The van der Waals surface area contributed by atoms with Crippen molar-refractivity contribution in [3.8, 4) is 0 Å². The summed E-state index contributed by atoms with van der Waals surface area (Å²) in [5.74, 6) is 1.44. The summed E-state index contributed by atoms with van der Waals surface area (Å²) in [5.41, 5.74) is 1.38. The van der Waals surface area contributed by atoms with Crippen LogP contribution in [0.1, 0.15) is 24.8 Å². The summed E-state index contributed by atoms with van der Waals surface area (Å²) in [5, 5.41) is 3.44. The van der Waals surface area contributed by atoms with Crippen LogP contribution in [0.2, 0.25) is 0 Å². The second-order valence-electron chi connectivity index (χ2n) is 3.86. The van der Waals surface area contributed by atoms with E-state index in [1.54, 1.807) is 0 Å². The summed E-state index contributed by atoms with van der Waals surface area (Å²) in [6, 6.07) is 4.21. The van der Waals surface area contributed by atoms with Crippen molar-refractivity contribution in [2.45, 2.75) is 19.3 Å². The van der Waals surface area contributed by atoms with Crippen molar-refractivity contribution in [3.63, 3.8) is 0 Å². The molecule has 0 spiro atoms. The van der Waals surface area contributed by atoms with Gasteiger partial charge in [0, 0.05) is 24.9 Å². The second kappa shape index (κ2) is 3.88. The first kappa shape index (κ1) is 8.70. The van der Waals surface area contributed by atoms with Crippen LogP contribution in [0.25, 0.3) is 0 Å². The molecule has 2 rings (SSSR count). The van der Waals surface area contributed by atoms with Crippen molar-refractivity contribution < 1.29 is 0 Å². The Balaban J connectivity index is 2.15. The summed E-state index contributed by atoms with van der Waals surface area (Å²) in [7, 11) is 0. The largest absolute Gasteiger partial charge is 0.316 e. The molecule has 2 heterocycles. The predicted molar refractivity (Wildman–Crippen MR) is 53.6 cm³/mol. The van der Waals surface area contributed by atoms with E-state index in [1.807, 2.05) is 18.5 Å². The average molecular weight is 176 g/mol. The fourth-order valence-corrected chi connectivity index (χ4v) is 2.03. The van der Waals surface area contributed by atoms with Crippen LogP contribution in [0.15, 0.2) is 24.5 Å². The van der Waals surface area contributed by atoms with Crippen LogP contribution in [0.4, 0.5) is 0 Å². The number of nitrogens with zero attached hydrogens (tertiary/aromatic N) is 1. The lowest BCUT2D eigenvalue weighted by Gasteiger charge is -2.29. The van der Waals surface area contributed by atoms with Crippen LogP contribution in [0.3, 0.4) is 0 Å². The van der Waals surface area contributed by atoms with Gasteiger partial charge >= 0.3 is 0 Å². The number of pyridine rings is 1. The SMILES string of the molecule is CC1CCNCC1c1cccnc1. The quantitative estimate of drug-likeness (QED) is 0.705. The Morgan fingerprint density at radius 2 is 2.46 bits per heavy atom. The van der Waals surface area contributed by atoms with E-state index in [0.29, 0.717) is 5.92 Å². The number of rotatable bonds is 1. The van der Waals surface area contributed by atoms with E-state index in [1.165, 1.54) is 12.0 Å². The molecule has 0 amide bonds. The molecule has 2 heteroatoms. The minimum atomic E-state index is 0.655. The maximum Gasteiger partial charge on any atom is 0.0303 e. The molecule has 0 bridgehead atoms. The Bertz CT molecular complexity index is 258. The predicted octanol–water partition coefficient (Wildman–Crippen LogP) is 1.79. The fourth-order valence-electron chi connectivity index (χ4n) is 2.03. The zero-order valence-electron chi connectivity index (χ0n) is 8.03. The molecule has 1 fully saturated rings. The lowest BCUT2D eigenvalue weighted by atomic mass is 9.83. The highest BCUT2D eigenvalue weighted by Gasteiger charge is 2.22. The van der Waals surface area contributed by atoms with Gasteiger partial charge in [-0.3, -0.25) is 4.98 Å². The Kier molecular flexibility index (Phi) is 2.60. The van der Waals surface area contributed by atoms with Crippen molar-refractivity contribution in [3.05, 3.63) is 30.1 Å². The molecule has 1 aromatic heterocycles. The van der Waals surface area contributed by atoms with Gasteiger partial charge in [-0.2, -0.15) is 0 Å². The molecule has 1 aliphatic heterocycles. The van der Waals surface area contributed by atoms with E-state index in [4.69, 9.17) is 0 Å². The van der Waals surface area contributed by atoms with E-state index < -0.39 is 0 Å². The lowest BCUT2D eigenvalue weighted by Crippen LogP contribution is -2.33. The van der Waals surface area contributed by atoms with Gasteiger partial charge in [-0.15, -0.1) is 0 Å². The van der Waals surface area contributed by atoms with Gasteiger partial charge in [0.2, 0.25) is 0 Å².